The Labute approximate surface area is 173 Å². The van der Waals surface area contributed by atoms with Gasteiger partial charge in [-0.25, -0.2) is 9.78 Å². The van der Waals surface area contributed by atoms with Crippen LogP contribution in [0.4, 0.5) is 5.69 Å². The number of benzene rings is 2. The first-order valence-electron chi connectivity index (χ1n) is 8.81. The Morgan fingerprint density at radius 1 is 1.07 bits per heavy atom. The zero-order chi connectivity index (χ0) is 20.8. The average molecular weight is 411 g/mol. The third kappa shape index (κ3) is 4.92. The van der Waals surface area contributed by atoms with Crippen LogP contribution < -0.4 is 10.1 Å². The van der Waals surface area contributed by atoms with Crippen molar-refractivity contribution in [1.82, 2.24) is 4.98 Å². The van der Waals surface area contributed by atoms with E-state index in [1.807, 2.05) is 19.1 Å². The molecule has 0 aliphatic rings. The Hall–Kier alpha value is -3.38. The molecule has 0 aliphatic carbocycles. The molecule has 1 heterocycles. The van der Waals surface area contributed by atoms with Crippen molar-refractivity contribution in [1.29, 1.82) is 0 Å². The predicted octanol–water partition coefficient (Wildman–Crippen LogP) is 4.59. The second-order valence-corrected chi connectivity index (χ2v) is 6.59. The van der Waals surface area contributed by atoms with Gasteiger partial charge in [-0.2, -0.15) is 0 Å². The number of hydrogen-bond donors (Lipinski definition) is 1. The van der Waals surface area contributed by atoms with Crippen LogP contribution >= 0.6 is 11.6 Å². The molecule has 1 N–H and O–H groups in total. The molecule has 0 radical (unpaired) electrons. The van der Waals surface area contributed by atoms with E-state index in [4.69, 9.17) is 21.1 Å². The summed E-state index contributed by atoms with van der Waals surface area (Å²) in [7, 11) is 1.51. The zero-order valence-electron chi connectivity index (χ0n) is 15.9. The summed E-state index contributed by atoms with van der Waals surface area (Å²) < 4.78 is 10.8. The van der Waals surface area contributed by atoms with Crippen molar-refractivity contribution >= 4 is 29.2 Å². The highest BCUT2D eigenvalue weighted by Gasteiger charge is 2.27. The zero-order valence-corrected chi connectivity index (χ0v) is 16.6. The minimum absolute atomic E-state index is 0.00470. The first kappa shape index (κ1) is 20.4. The van der Waals surface area contributed by atoms with Gasteiger partial charge in [0.05, 0.1) is 18.4 Å². The number of carbonyl (C=O) groups is 2. The van der Waals surface area contributed by atoms with Gasteiger partial charge in [-0.1, -0.05) is 48.0 Å². The maximum atomic E-state index is 13.1. The van der Waals surface area contributed by atoms with Crippen LogP contribution in [0.25, 0.3) is 0 Å². The van der Waals surface area contributed by atoms with Crippen molar-refractivity contribution in [2.75, 3.05) is 12.4 Å². The van der Waals surface area contributed by atoms with E-state index in [1.165, 1.54) is 19.4 Å². The molecule has 7 heteroatoms. The Balaban J connectivity index is 1.90. The maximum absolute atomic E-state index is 13.1. The van der Waals surface area contributed by atoms with E-state index < -0.39 is 18.0 Å². The molecule has 1 aromatic heterocycles. The molecule has 0 saturated carbocycles. The highest BCUT2D eigenvalue weighted by molar-refractivity contribution is 6.32. The standard InChI is InChI=1S/C22H19ClN2O4/c1-14-10-11-18(28-2)17(13-14)25-21(26)19(15-7-4-3-5-8-15)29-22(27)16-9-6-12-24-20(16)23/h3-13,19H,1-2H3,(H,25,26)/t19-/m0/s1. The quantitative estimate of drug-likeness (QED) is 0.475. The highest BCUT2D eigenvalue weighted by atomic mass is 35.5. The molecule has 0 aliphatic heterocycles. The third-order valence-corrected chi connectivity index (χ3v) is 4.46. The minimum atomic E-state index is -1.19. The van der Waals surface area contributed by atoms with Crippen LogP contribution in [-0.2, 0) is 9.53 Å². The summed E-state index contributed by atoms with van der Waals surface area (Å²) in [5, 5.41) is 2.79. The van der Waals surface area contributed by atoms with E-state index >= 15 is 0 Å². The normalized spacial score (nSPS) is 11.4. The lowest BCUT2D eigenvalue weighted by Gasteiger charge is -2.19. The van der Waals surface area contributed by atoms with Crippen LogP contribution in [0.1, 0.15) is 27.6 Å². The van der Waals surface area contributed by atoms with Crippen molar-refractivity contribution in [2.24, 2.45) is 0 Å². The predicted molar refractivity (Wildman–Crippen MR) is 110 cm³/mol. The number of rotatable bonds is 6. The second-order valence-electron chi connectivity index (χ2n) is 6.23. The fraction of sp³-hybridized carbons (Fsp3) is 0.136. The van der Waals surface area contributed by atoms with Crippen LogP contribution in [0.5, 0.6) is 5.75 Å². The summed E-state index contributed by atoms with van der Waals surface area (Å²) in [6.07, 6.45) is 0.273. The maximum Gasteiger partial charge on any atom is 0.342 e. The number of aryl methyl sites for hydroxylation is 1. The summed E-state index contributed by atoms with van der Waals surface area (Å²) in [6.45, 7) is 1.90. The fourth-order valence-electron chi connectivity index (χ4n) is 2.73. The van der Waals surface area contributed by atoms with Crippen LogP contribution in [-0.4, -0.2) is 24.0 Å². The van der Waals surface area contributed by atoms with Gasteiger partial charge in [0, 0.05) is 11.8 Å². The molecule has 0 fully saturated rings. The number of carbonyl (C=O) groups excluding carboxylic acids is 2. The van der Waals surface area contributed by atoms with E-state index in [9.17, 15) is 9.59 Å². The summed E-state index contributed by atoms with van der Waals surface area (Å²) in [5.74, 6) is -0.769. The summed E-state index contributed by atoms with van der Waals surface area (Å²) in [6, 6.07) is 17.2. The molecule has 29 heavy (non-hydrogen) atoms. The van der Waals surface area contributed by atoms with Crippen molar-refractivity contribution in [3.8, 4) is 5.75 Å². The number of methoxy groups -OCH3 is 1. The van der Waals surface area contributed by atoms with Gasteiger partial charge in [0.2, 0.25) is 6.10 Å². The first-order chi connectivity index (χ1) is 14.0. The van der Waals surface area contributed by atoms with E-state index in [0.717, 1.165) is 5.56 Å². The number of anilines is 1. The lowest BCUT2D eigenvalue weighted by molar-refractivity contribution is -0.125. The molecule has 1 atom stereocenters. The van der Waals surface area contributed by atoms with Gasteiger partial charge in [-0.05, 0) is 36.8 Å². The number of aromatic nitrogens is 1. The van der Waals surface area contributed by atoms with Crippen molar-refractivity contribution < 1.29 is 19.1 Å². The number of nitrogens with one attached hydrogen (secondary N) is 1. The molecule has 6 nitrogen and oxygen atoms in total. The molecule has 148 valence electrons. The van der Waals surface area contributed by atoms with Crippen molar-refractivity contribution in [3.05, 3.63) is 88.7 Å². The Bertz CT molecular complexity index is 1020. The smallest absolute Gasteiger partial charge is 0.342 e. The van der Waals surface area contributed by atoms with Crippen molar-refractivity contribution in [2.45, 2.75) is 13.0 Å². The summed E-state index contributed by atoms with van der Waals surface area (Å²) in [4.78, 5) is 29.6. The highest BCUT2D eigenvalue weighted by Crippen LogP contribution is 2.28. The van der Waals surface area contributed by atoms with Crippen molar-refractivity contribution in [3.63, 3.8) is 0 Å². The van der Waals surface area contributed by atoms with Gasteiger partial charge in [-0.3, -0.25) is 4.79 Å². The van der Waals surface area contributed by atoms with Crippen LogP contribution in [0.2, 0.25) is 5.15 Å². The van der Waals surface area contributed by atoms with Crippen LogP contribution in [0.3, 0.4) is 0 Å². The lowest BCUT2D eigenvalue weighted by Crippen LogP contribution is -2.26. The Morgan fingerprint density at radius 2 is 1.83 bits per heavy atom. The van der Waals surface area contributed by atoms with Gasteiger partial charge in [0.25, 0.3) is 5.91 Å². The van der Waals surface area contributed by atoms with E-state index in [-0.39, 0.29) is 10.7 Å². The molecule has 0 unspecified atom stereocenters. The average Bonchev–Trinajstić information content (AvgIpc) is 2.73. The number of amides is 1. The van der Waals surface area contributed by atoms with Crippen LogP contribution in [0, 0.1) is 6.92 Å². The largest absolute Gasteiger partial charge is 0.495 e. The molecule has 0 spiro atoms. The Kier molecular flexibility index (Phi) is 6.46. The van der Waals surface area contributed by atoms with Gasteiger partial charge in [-0.15, -0.1) is 0 Å². The number of halogens is 1. The summed E-state index contributed by atoms with van der Waals surface area (Å²) in [5.41, 5.74) is 2.02. The number of ether oxygens (including phenoxy) is 2. The number of esters is 1. The molecule has 3 rings (SSSR count). The molecule has 1 amide bonds. The first-order valence-corrected chi connectivity index (χ1v) is 9.19. The van der Waals surface area contributed by atoms with E-state index in [1.54, 1.807) is 42.5 Å². The lowest BCUT2D eigenvalue weighted by atomic mass is 10.1. The van der Waals surface area contributed by atoms with Gasteiger partial charge in [0.15, 0.2) is 0 Å². The molecule has 0 saturated heterocycles. The van der Waals surface area contributed by atoms with Gasteiger partial charge < -0.3 is 14.8 Å². The minimum Gasteiger partial charge on any atom is -0.495 e. The van der Waals surface area contributed by atoms with Gasteiger partial charge in [0.1, 0.15) is 10.9 Å². The monoisotopic (exact) mass is 410 g/mol. The van der Waals surface area contributed by atoms with E-state index in [0.29, 0.717) is 17.0 Å². The molecule has 3 aromatic rings. The molecule has 0 bridgehead atoms. The SMILES string of the molecule is COc1ccc(C)cc1NC(=O)[C@@H](OC(=O)c1cccnc1Cl)c1ccccc1. The Morgan fingerprint density at radius 3 is 2.52 bits per heavy atom. The third-order valence-electron chi connectivity index (χ3n) is 4.16. The number of nitrogens with zero attached hydrogens (tertiary/aromatic N) is 1. The number of pyridine rings is 1. The van der Waals surface area contributed by atoms with Crippen LogP contribution in [0.15, 0.2) is 66.9 Å². The molecular weight excluding hydrogens is 392 g/mol. The molecular formula is C22H19ClN2O4. The summed E-state index contributed by atoms with van der Waals surface area (Å²) >= 11 is 5.99. The molecule has 2 aromatic carbocycles. The number of hydrogen-bond acceptors (Lipinski definition) is 5. The second kappa shape index (κ2) is 9.21. The van der Waals surface area contributed by atoms with Gasteiger partial charge >= 0.3 is 5.97 Å². The van der Waals surface area contributed by atoms with E-state index in [2.05, 4.69) is 10.3 Å². The fourth-order valence-corrected chi connectivity index (χ4v) is 2.92. The topological polar surface area (TPSA) is 77.5 Å².